The van der Waals surface area contributed by atoms with E-state index in [0.717, 1.165) is 50.7 Å². The third kappa shape index (κ3) is 6.66. The summed E-state index contributed by atoms with van der Waals surface area (Å²) < 4.78 is 31.6. The highest BCUT2D eigenvalue weighted by Gasteiger charge is 2.20. The van der Waals surface area contributed by atoms with Gasteiger partial charge in [0.15, 0.2) is 11.6 Å². The first-order chi connectivity index (χ1) is 14.5. The van der Waals surface area contributed by atoms with Crippen LogP contribution in [0.4, 0.5) is 14.6 Å². The molecule has 30 heavy (non-hydrogen) atoms. The number of rotatable bonds is 9. The van der Waals surface area contributed by atoms with Crippen LogP contribution in [-0.4, -0.2) is 61.2 Å². The molecule has 2 aromatic rings. The van der Waals surface area contributed by atoms with Crippen molar-refractivity contribution in [1.82, 2.24) is 15.2 Å². The number of hydrogen-bond acceptors (Lipinski definition) is 5. The van der Waals surface area contributed by atoms with Crippen molar-refractivity contribution in [3.05, 3.63) is 54.2 Å². The molecule has 0 spiro atoms. The molecular formula is C22H28F2N4O2. The summed E-state index contributed by atoms with van der Waals surface area (Å²) in [5, 5.41) is 3.00. The lowest BCUT2D eigenvalue weighted by Gasteiger charge is -2.36. The number of hydrogen-bond donors (Lipinski definition) is 1. The van der Waals surface area contributed by atoms with E-state index in [2.05, 4.69) is 20.1 Å². The lowest BCUT2D eigenvalue weighted by atomic mass is 10.2. The lowest BCUT2D eigenvalue weighted by Crippen LogP contribution is -2.51. The van der Waals surface area contributed by atoms with Gasteiger partial charge in [0.05, 0.1) is 6.61 Å². The second kappa shape index (κ2) is 10.9. The predicted molar refractivity (Wildman–Crippen MR) is 112 cm³/mol. The average molecular weight is 418 g/mol. The van der Waals surface area contributed by atoms with Crippen molar-refractivity contribution in [3.63, 3.8) is 0 Å². The van der Waals surface area contributed by atoms with E-state index in [-0.39, 0.29) is 24.3 Å². The van der Waals surface area contributed by atoms with Crippen molar-refractivity contribution in [3.8, 4) is 5.75 Å². The van der Waals surface area contributed by atoms with E-state index >= 15 is 0 Å². The number of nitrogens with one attached hydrogen (secondary N) is 1. The second-order valence-corrected chi connectivity index (χ2v) is 7.47. The number of benzene rings is 1. The molecule has 162 valence electrons. The number of nitrogens with zero attached hydrogens (tertiary/aromatic N) is 3. The molecule has 1 N–H and O–H groups in total. The number of ether oxygens (including phenoxy) is 1. The number of anilines is 1. The normalized spacial score (nSPS) is 15.6. The minimum atomic E-state index is -0.740. The van der Waals surface area contributed by atoms with E-state index in [1.54, 1.807) is 6.20 Å². The van der Waals surface area contributed by atoms with Crippen molar-refractivity contribution >= 4 is 11.7 Å². The van der Waals surface area contributed by atoms with Crippen LogP contribution in [0.15, 0.2) is 42.6 Å². The summed E-state index contributed by atoms with van der Waals surface area (Å²) in [5.41, 5.74) is 0. The van der Waals surface area contributed by atoms with Crippen LogP contribution in [-0.2, 0) is 4.79 Å². The van der Waals surface area contributed by atoms with Crippen molar-refractivity contribution in [1.29, 1.82) is 0 Å². The molecule has 1 saturated heterocycles. The van der Waals surface area contributed by atoms with Crippen molar-refractivity contribution < 1.29 is 18.3 Å². The largest absolute Gasteiger partial charge is 0.491 e. The van der Waals surface area contributed by atoms with Crippen LogP contribution in [0.5, 0.6) is 5.75 Å². The predicted octanol–water partition coefficient (Wildman–Crippen LogP) is 2.85. The van der Waals surface area contributed by atoms with E-state index in [4.69, 9.17) is 4.74 Å². The highest BCUT2D eigenvalue weighted by molar-refractivity contribution is 5.76. The van der Waals surface area contributed by atoms with Gasteiger partial charge in [0.1, 0.15) is 11.6 Å². The zero-order valence-electron chi connectivity index (χ0n) is 17.2. The molecule has 1 aromatic carbocycles. The first kappa shape index (κ1) is 22.0. The maximum Gasteiger partial charge on any atom is 0.220 e. The molecule has 6 nitrogen and oxygen atoms in total. The van der Waals surface area contributed by atoms with Gasteiger partial charge >= 0.3 is 0 Å². The van der Waals surface area contributed by atoms with Crippen LogP contribution < -0.4 is 15.0 Å². The summed E-state index contributed by atoms with van der Waals surface area (Å²) >= 11 is 0. The molecule has 1 unspecified atom stereocenters. The first-order valence-corrected chi connectivity index (χ1v) is 10.3. The summed E-state index contributed by atoms with van der Waals surface area (Å²) in [7, 11) is 0. The van der Waals surface area contributed by atoms with Gasteiger partial charge in [-0.05, 0) is 37.6 Å². The zero-order chi connectivity index (χ0) is 21.3. The van der Waals surface area contributed by atoms with E-state index < -0.39 is 11.6 Å². The average Bonchev–Trinajstić information content (AvgIpc) is 2.73. The van der Waals surface area contributed by atoms with Crippen LogP contribution in [0, 0.1) is 11.6 Å². The molecule has 1 fully saturated rings. The Kier molecular flexibility index (Phi) is 7.96. The lowest BCUT2D eigenvalue weighted by molar-refractivity contribution is -0.122. The summed E-state index contributed by atoms with van der Waals surface area (Å²) in [6.45, 7) is 6.65. The Morgan fingerprint density at radius 3 is 2.70 bits per heavy atom. The fraction of sp³-hybridized carbons (Fsp3) is 0.455. The van der Waals surface area contributed by atoms with Gasteiger partial charge in [-0.15, -0.1) is 0 Å². The fourth-order valence-electron chi connectivity index (χ4n) is 3.49. The molecule has 0 aliphatic carbocycles. The van der Waals surface area contributed by atoms with E-state index in [9.17, 15) is 13.6 Å². The van der Waals surface area contributed by atoms with Crippen molar-refractivity contribution in [2.45, 2.75) is 25.8 Å². The molecule has 2 heterocycles. The van der Waals surface area contributed by atoms with Gasteiger partial charge in [-0.1, -0.05) is 6.07 Å². The molecule has 1 aromatic heterocycles. The van der Waals surface area contributed by atoms with Gasteiger partial charge in [-0.3, -0.25) is 9.69 Å². The molecule has 0 saturated carbocycles. The van der Waals surface area contributed by atoms with Crippen LogP contribution in [0.3, 0.4) is 0 Å². The van der Waals surface area contributed by atoms with E-state index in [1.165, 1.54) is 6.07 Å². The molecule has 1 aliphatic rings. The Balaban J connectivity index is 1.30. The number of piperazine rings is 1. The Morgan fingerprint density at radius 2 is 2.00 bits per heavy atom. The third-order valence-corrected chi connectivity index (χ3v) is 4.98. The number of halogens is 2. The molecule has 8 heteroatoms. The Hall–Kier alpha value is -2.74. The fourth-order valence-corrected chi connectivity index (χ4v) is 3.49. The molecule has 0 radical (unpaired) electrons. The summed E-state index contributed by atoms with van der Waals surface area (Å²) in [6.07, 6.45) is 2.55. The van der Waals surface area contributed by atoms with Crippen LogP contribution in [0.2, 0.25) is 0 Å². The molecular weight excluding hydrogens is 390 g/mol. The smallest absolute Gasteiger partial charge is 0.220 e. The van der Waals surface area contributed by atoms with Gasteiger partial charge in [0.25, 0.3) is 0 Å². The SMILES string of the molecule is CC(CN1CCN(c2ccccn2)CC1)NC(=O)CCCOc1ccc(F)cc1F. The second-order valence-electron chi connectivity index (χ2n) is 7.47. The van der Waals surface area contributed by atoms with Crippen LogP contribution >= 0.6 is 0 Å². The van der Waals surface area contributed by atoms with Crippen molar-refractivity contribution in [2.24, 2.45) is 0 Å². The zero-order valence-corrected chi connectivity index (χ0v) is 17.2. The first-order valence-electron chi connectivity index (χ1n) is 10.3. The van der Waals surface area contributed by atoms with E-state index in [0.29, 0.717) is 12.8 Å². The number of amides is 1. The summed E-state index contributed by atoms with van der Waals surface area (Å²) in [4.78, 5) is 21.1. The van der Waals surface area contributed by atoms with Gasteiger partial charge in [-0.2, -0.15) is 0 Å². The number of pyridine rings is 1. The molecule has 1 atom stereocenters. The third-order valence-electron chi connectivity index (χ3n) is 4.98. The molecule has 0 bridgehead atoms. The molecule has 3 rings (SSSR count). The van der Waals surface area contributed by atoms with E-state index in [1.807, 2.05) is 25.1 Å². The van der Waals surface area contributed by atoms with Gasteiger partial charge in [0.2, 0.25) is 5.91 Å². The molecule has 1 aliphatic heterocycles. The summed E-state index contributed by atoms with van der Waals surface area (Å²) in [5.74, 6) is -0.448. The van der Waals surface area contributed by atoms with Gasteiger partial charge in [-0.25, -0.2) is 13.8 Å². The maximum atomic E-state index is 13.5. The minimum absolute atomic E-state index is 0.00461. The highest BCUT2D eigenvalue weighted by Crippen LogP contribution is 2.18. The minimum Gasteiger partial charge on any atom is -0.491 e. The topological polar surface area (TPSA) is 57.7 Å². The monoisotopic (exact) mass is 418 g/mol. The molecule has 1 amide bonds. The number of carbonyl (C=O) groups is 1. The quantitative estimate of drug-likeness (QED) is 0.635. The summed E-state index contributed by atoms with van der Waals surface area (Å²) in [6, 6.07) is 9.13. The standard InChI is InChI=1S/C22H28F2N4O2/c1-17(16-27-10-12-28(13-11-27)21-5-2-3-9-25-21)26-22(29)6-4-14-30-20-8-7-18(23)15-19(20)24/h2-3,5,7-9,15,17H,4,6,10-14,16H2,1H3,(H,26,29). The van der Waals surface area contributed by atoms with Gasteiger partial charge in [0, 0.05) is 57.4 Å². The van der Waals surface area contributed by atoms with Crippen molar-refractivity contribution in [2.75, 3.05) is 44.2 Å². The Morgan fingerprint density at radius 1 is 1.20 bits per heavy atom. The van der Waals surface area contributed by atoms with Gasteiger partial charge < -0.3 is 15.0 Å². The van der Waals surface area contributed by atoms with Crippen LogP contribution in [0.25, 0.3) is 0 Å². The van der Waals surface area contributed by atoms with Crippen LogP contribution in [0.1, 0.15) is 19.8 Å². The maximum absolute atomic E-state index is 13.5. The number of aromatic nitrogens is 1. The Bertz CT molecular complexity index is 814. The highest BCUT2D eigenvalue weighted by atomic mass is 19.1. The Labute approximate surface area is 175 Å². The number of carbonyl (C=O) groups excluding carboxylic acids is 1.